The number of fused-ring (bicyclic) bond motifs is 1. The minimum atomic E-state index is 0.292. The van der Waals surface area contributed by atoms with Crippen molar-refractivity contribution in [3.8, 4) is 0 Å². The van der Waals surface area contributed by atoms with Gasteiger partial charge in [-0.2, -0.15) is 0 Å². The second-order valence-corrected chi connectivity index (χ2v) is 8.31. The molecule has 1 fully saturated rings. The van der Waals surface area contributed by atoms with Crippen molar-refractivity contribution in [2.75, 3.05) is 31.1 Å². The molecule has 6 heteroatoms. The molecule has 0 spiro atoms. The van der Waals surface area contributed by atoms with Crippen LogP contribution in [0.15, 0.2) is 41.8 Å². The number of thiophene rings is 1. The van der Waals surface area contributed by atoms with Crippen molar-refractivity contribution in [3.05, 3.63) is 46.7 Å². The third-order valence-electron chi connectivity index (χ3n) is 4.58. The molecule has 25 heavy (non-hydrogen) atoms. The van der Waals surface area contributed by atoms with Gasteiger partial charge in [0.2, 0.25) is 5.91 Å². The number of rotatable bonds is 5. The van der Waals surface area contributed by atoms with Crippen molar-refractivity contribution < 1.29 is 4.79 Å². The molecule has 0 saturated carbocycles. The van der Waals surface area contributed by atoms with Crippen LogP contribution in [0.5, 0.6) is 0 Å². The molecular weight excluding hydrogens is 350 g/mol. The van der Waals surface area contributed by atoms with Crippen LogP contribution < -0.4 is 4.90 Å². The third kappa shape index (κ3) is 3.85. The fourth-order valence-corrected chi connectivity index (χ4v) is 4.94. The molecule has 2 aromatic heterocycles. The highest BCUT2D eigenvalue weighted by Crippen LogP contribution is 2.29. The van der Waals surface area contributed by atoms with Gasteiger partial charge in [0, 0.05) is 37.5 Å². The summed E-state index contributed by atoms with van der Waals surface area (Å²) in [4.78, 5) is 22.8. The molecule has 3 aromatic rings. The number of thiazole rings is 1. The molecule has 0 radical (unpaired) electrons. The summed E-state index contributed by atoms with van der Waals surface area (Å²) in [6, 6.07) is 12.5. The minimum absolute atomic E-state index is 0.292. The van der Waals surface area contributed by atoms with Gasteiger partial charge in [0.25, 0.3) is 0 Å². The smallest absolute Gasteiger partial charge is 0.222 e. The zero-order valence-corrected chi connectivity index (χ0v) is 15.7. The number of anilines is 1. The Labute approximate surface area is 155 Å². The Morgan fingerprint density at radius 1 is 1.08 bits per heavy atom. The number of aromatic nitrogens is 1. The van der Waals surface area contributed by atoms with E-state index in [4.69, 9.17) is 4.98 Å². The van der Waals surface area contributed by atoms with Crippen molar-refractivity contribution in [2.24, 2.45) is 0 Å². The Balaban J connectivity index is 1.28. The molecule has 1 aromatic carbocycles. The molecule has 1 aliphatic heterocycles. The lowest BCUT2D eigenvalue weighted by atomic mass is 10.2. The highest BCUT2D eigenvalue weighted by Gasteiger charge is 2.22. The summed E-state index contributed by atoms with van der Waals surface area (Å²) in [6.07, 6.45) is 2.60. The molecule has 0 aliphatic carbocycles. The Morgan fingerprint density at radius 3 is 2.68 bits per heavy atom. The fraction of sp³-hybridized carbons (Fsp3) is 0.368. The standard InChI is InChI=1S/C19H21N3OS2/c23-18(9-3-5-15-6-4-14-24-15)21-10-12-22(13-11-21)19-20-16-7-1-2-8-17(16)25-19/h1-2,4,6-8,14H,3,5,9-13H2. The minimum Gasteiger partial charge on any atom is -0.345 e. The molecule has 1 amide bonds. The number of hydrogen-bond acceptors (Lipinski definition) is 5. The van der Waals surface area contributed by atoms with Gasteiger partial charge in [0.15, 0.2) is 5.13 Å². The maximum Gasteiger partial charge on any atom is 0.222 e. The number of piperazine rings is 1. The van der Waals surface area contributed by atoms with Crippen LogP contribution in [0.25, 0.3) is 10.2 Å². The van der Waals surface area contributed by atoms with Crippen LogP contribution in [0.2, 0.25) is 0 Å². The van der Waals surface area contributed by atoms with E-state index in [0.29, 0.717) is 12.3 Å². The predicted octanol–water partition coefficient (Wildman–Crippen LogP) is 4.03. The summed E-state index contributed by atoms with van der Waals surface area (Å²) in [5.41, 5.74) is 1.06. The van der Waals surface area contributed by atoms with Gasteiger partial charge in [-0.05, 0) is 36.4 Å². The molecule has 0 bridgehead atoms. The number of nitrogens with zero attached hydrogens (tertiary/aromatic N) is 3. The maximum atomic E-state index is 12.4. The molecule has 0 N–H and O–H groups in total. The molecule has 3 heterocycles. The zero-order chi connectivity index (χ0) is 17.1. The molecule has 0 unspecified atom stereocenters. The fourth-order valence-electron chi connectivity index (χ4n) is 3.17. The third-order valence-corrected chi connectivity index (χ3v) is 6.61. The molecule has 4 rings (SSSR count). The van der Waals surface area contributed by atoms with Gasteiger partial charge in [-0.25, -0.2) is 4.98 Å². The SMILES string of the molecule is O=C(CCCc1cccs1)N1CCN(c2nc3ccccc3s2)CC1. The predicted molar refractivity (Wildman–Crippen MR) is 106 cm³/mol. The first kappa shape index (κ1) is 16.5. The molecule has 1 aliphatic rings. The molecule has 0 atom stereocenters. The number of amides is 1. The largest absolute Gasteiger partial charge is 0.345 e. The molecular formula is C19H21N3OS2. The number of para-hydroxylation sites is 1. The van der Waals surface area contributed by atoms with Crippen LogP contribution in [-0.4, -0.2) is 42.0 Å². The van der Waals surface area contributed by atoms with Crippen LogP contribution >= 0.6 is 22.7 Å². The van der Waals surface area contributed by atoms with Gasteiger partial charge in [0.1, 0.15) is 0 Å². The first-order chi connectivity index (χ1) is 12.3. The first-order valence-corrected chi connectivity index (χ1v) is 10.4. The topological polar surface area (TPSA) is 36.4 Å². The van der Waals surface area contributed by atoms with Crippen LogP contribution in [0, 0.1) is 0 Å². The van der Waals surface area contributed by atoms with Crippen LogP contribution in [0.4, 0.5) is 5.13 Å². The van der Waals surface area contributed by atoms with Gasteiger partial charge in [-0.15, -0.1) is 11.3 Å². The van der Waals surface area contributed by atoms with E-state index >= 15 is 0 Å². The van der Waals surface area contributed by atoms with Crippen molar-refractivity contribution in [2.45, 2.75) is 19.3 Å². The molecule has 1 saturated heterocycles. The summed E-state index contributed by atoms with van der Waals surface area (Å²) >= 11 is 3.51. The summed E-state index contributed by atoms with van der Waals surface area (Å²) < 4.78 is 1.23. The van der Waals surface area contributed by atoms with Crippen LogP contribution in [0.1, 0.15) is 17.7 Å². The number of benzene rings is 1. The van der Waals surface area contributed by atoms with E-state index in [1.165, 1.54) is 9.58 Å². The van der Waals surface area contributed by atoms with E-state index in [9.17, 15) is 4.79 Å². The van der Waals surface area contributed by atoms with Gasteiger partial charge < -0.3 is 9.80 Å². The molecule has 4 nitrogen and oxygen atoms in total. The monoisotopic (exact) mass is 371 g/mol. The van der Waals surface area contributed by atoms with Gasteiger partial charge in [-0.3, -0.25) is 4.79 Å². The maximum absolute atomic E-state index is 12.4. The van der Waals surface area contributed by atoms with Crippen LogP contribution in [0.3, 0.4) is 0 Å². The second-order valence-electron chi connectivity index (χ2n) is 6.26. The van der Waals surface area contributed by atoms with E-state index in [1.807, 2.05) is 11.0 Å². The first-order valence-electron chi connectivity index (χ1n) is 8.70. The summed E-state index contributed by atoms with van der Waals surface area (Å²) in [5, 5.41) is 3.17. The summed E-state index contributed by atoms with van der Waals surface area (Å²) in [5.74, 6) is 0.292. The number of carbonyl (C=O) groups is 1. The van der Waals surface area contributed by atoms with E-state index in [-0.39, 0.29) is 0 Å². The quantitative estimate of drug-likeness (QED) is 0.679. The average Bonchev–Trinajstić information content (AvgIpc) is 3.31. The Morgan fingerprint density at radius 2 is 1.92 bits per heavy atom. The number of hydrogen-bond donors (Lipinski definition) is 0. The highest BCUT2D eigenvalue weighted by atomic mass is 32.1. The normalized spacial score (nSPS) is 15.0. The van der Waals surface area contributed by atoms with Gasteiger partial charge >= 0.3 is 0 Å². The lowest BCUT2D eigenvalue weighted by Crippen LogP contribution is -2.48. The second kappa shape index (κ2) is 7.54. The lowest BCUT2D eigenvalue weighted by molar-refractivity contribution is -0.131. The number of aryl methyl sites for hydroxylation is 1. The van der Waals surface area contributed by atoms with E-state index in [0.717, 1.165) is 49.7 Å². The van der Waals surface area contributed by atoms with Crippen molar-refractivity contribution in [1.82, 2.24) is 9.88 Å². The lowest BCUT2D eigenvalue weighted by Gasteiger charge is -2.34. The van der Waals surface area contributed by atoms with Crippen molar-refractivity contribution in [3.63, 3.8) is 0 Å². The van der Waals surface area contributed by atoms with Crippen molar-refractivity contribution >= 4 is 43.9 Å². The highest BCUT2D eigenvalue weighted by molar-refractivity contribution is 7.22. The Hall–Kier alpha value is -1.92. The zero-order valence-electron chi connectivity index (χ0n) is 14.1. The summed E-state index contributed by atoms with van der Waals surface area (Å²) in [7, 11) is 0. The van der Waals surface area contributed by atoms with E-state index in [1.54, 1.807) is 22.7 Å². The number of carbonyl (C=O) groups excluding carboxylic acids is 1. The van der Waals surface area contributed by atoms with Crippen molar-refractivity contribution in [1.29, 1.82) is 0 Å². The van der Waals surface area contributed by atoms with Gasteiger partial charge in [-0.1, -0.05) is 29.5 Å². The van der Waals surface area contributed by atoms with Crippen LogP contribution in [-0.2, 0) is 11.2 Å². The van der Waals surface area contributed by atoms with E-state index in [2.05, 4.69) is 40.6 Å². The Kier molecular flexibility index (Phi) is 4.99. The average molecular weight is 372 g/mol. The summed E-state index contributed by atoms with van der Waals surface area (Å²) in [6.45, 7) is 3.34. The van der Waals surface area contributed by atoms with Gasteiger partial charge in [0.05, 0.1) is 10.2 Å². The molecule has 130 valence electrons. The van der Waals surface area contributed by atoms with E-state index < -0.39 is 0 Å². The Bertz CT molecular complexity index is 802.